The zero-order valence-electron chi connectivity index (χ0n) is 14.3. The van der Waals surface area contributed by atoms with Crippen LogP contribution in [0.3, 0.4) is 0 Å². The van der Waals surface area contributed by atoms with Gasteiger partial charge >= 0.3 is 0 Å². The number of rotatable bonds is 8. The first-order valence-electron chi connectivity index (χ1n) is 8.34. The Labute approximate surface area is 147 Å². The minimum Gasteiger partial charge on any atom is -0.508 e. The Bertz CT molecular complexity index is 739. The zero-order chi connectivity index (χ0) is 18.4. The molecule has 2 rings (SSSR count). The third-order valence-electron chi connectivity index (χ3n) is 4.24. The highest BCUT2D eigenvalue weighted by atomic mass is 16.3. The van der Waals surface area contributed by atoms with E-state index in [0.717, 1.165) is 16.7 Å². The zero-order valence-corrected chi connectivity index (χ0v) is 14.3. The highest BCUT2D eigenvalue weighted by molar-refractivity contribution is 5.79. The maximum absolute atomic E-state index is 12.0. The molecule has 0 fully saturated rings. The smallest absolute Gasteiger partial charge is 0.157 e. The minimum absolute atomic E-state index is 0.0492. The lowest BCUT2D eigenvalue weighted by Gasteiger charge is -2.11. The first kappa shape index (κ1) is 18.8. The van der Waals surface area contributed by atoms with E-state index in [2.05, 4.69) is 0 Å². The minimum atomic E-state index is -0.718. The summed E-state index contributed by atoms with van der Waals surface area (Å²) in [6.45, 7) is 1.82. The molecule has 2 aromatic carbocycles. The Morgan fingerprint density at radius 1 is 0.920 bits per heavy atom. The number of Topliss-reactive ketones (excluding diaryl/α,β-unsaturated/α-hetero) is 1. The van der Waals surface area contributed by atoms with Crippen molar-refractivity contribution in [1.29, 1.82) is 0 Å². The van der Waals surface area contributed by atoms with Gasteiger partial charge in [-0.25, -0.2) is 0 Å². The predicted octanol–water partition coefficient (Wildman–Crippen LogP) is 3.00. The summed E-state index contributed by atoms with van der Waals surface area (Å²) in [5.41, 5.74) is 2.49. The van der Waals surface area contributed by atoms with Crippen molar-refractivity contribution in [2.75, 3.05) is 0 Å². The van der Waals surface area contributed by atoms with Gasteiger partial charge in [-0.05, 0) is 61.1 Å². The van der Waals surface area contributed by atoms with Crippen molar-refractivity contribution < 1.29 is 25.2 Å². The van der Waals surface area contributed by atoms with Crippen molar-refractivity contribution in [3.8, 4) is 17.2 Å². The van der Waals surface area contributed by atoms with Crippen molar-refractivity contribution in [1.82, 2.24) is 0 Å². The lowest BCUT2D eigenvalue weighted by molar-refractivity contribution is -0.121. The van der Waals surface area contributed by atoms with E-state index in [9.17, 15) is 25.2 Å². The molecule has 0 bridgehead atoms. The number of hydrogen-bond acceptors (Lipinski definition) is 5. The first-order chi connectivity index (χ1) is 11.8. The quantitative estimate of drug-likeness (QED) is 0.552. The average Bonchev–Trinajstić information content (AvgIpc) is 2.57. The van der Waals surface area contributed by atoms with Crippen LogP contribution in [-0.2, 0) is 17.6 Å². The normalized spacial score (nSPS) is 12.1. The predicted molar refractivity (Wildman–Crippen MR) is 94.9 cm³/mol. The molecule has 134 valence electrons. The molecular weight excluding hydrogens is 320 g/mol. The Kier molecular flexibility index (Phi) is 6.42. The van der Waals surface area contributed by atoms with Gasteiger partial charge in [0, 0.05) is 12.8 Å². The number of hydrogen-bond donors (Lipinski definition) is 4. The van der Waals surface area contributed by atoms with E-state index in [4.69, 9.17) is 0 Å². The summed E-state index contributed by atoms with van der Waals surface area (Å²) in [7, 11) is 0. The van der Waals surface area contributed by atoms with Crippen molar-refractivity contribution in [2.45, 2.75) is 45.1 Å². The molecule has 25 heavy (non-hydrogen) atoms. The molecule has 0 aliphatic heterocycles. The third kappa shape index (κ3) is 5.80. The van der Waals surface area contributed by atoms with E-state index >= 15 is 0 Å². The van der Waals surface area contributed by atoms with Crippen LogP contribution in [0.25, 0.3) is 0 Å². The van der Waals surface area contributed by atoms with Gasteiger partial charge in [-0.15, -0.1) is 0 Å². The topological polar surface area (TPSA) is 98.0 Å². The first-order valence-corrected chi connectivity index (χ1v) is 8.34. The standard InChI is InChI=1S/C20H24O5/c1-13-2-3-14(10-19(13)24)4-7-16(21)12-17(22)8-5-15-6-9-18(23)20(25)11-15/h2-3,6,9-11,16,21,23-25H,4-5,7-8,12H2,1H3/t16-/m1/s1. The molecule has 4 N–H and O–H groups in total. The van der Waals surface area contributed by atoms with Crippen molar-refractivity contribution in [3.05, 3.63) is 53.1 Å². The Hall–Kier alpha value is -2.53. The van der Waals surface area contributed by atoms with Gasteiger partial charge in [0.2, 0.25) is 0 Å². The van der Waals surface area contributed by atoms with Crippen molar-refractivity contribution in [3.63, 3.8) is 0 Å². The van der Waals surface area contributed by atoms with E-state index in [-0.39, 0.29) is 35.9 Å². The number of carbonyl (C=O) groups is 1. The summed E-state index contributed by atoms with van der Waals surface area (Å²) in [6, 6.07) is 9.89. The lowest BCUT2D eigenvalue weighted by Crippen LogP contribution is -2.14. The van der Waals surface area contributed by atoms with Crippen LogP contribution in [0.15, 0.2) is 36.4 Å². The Morgan fingerprint density at radius 2 is 1.56 bits per heavy atom. The SMILES string of the molecule is Cc1ccc(CC[C@@H](O)CC(=O)CCc2ccc(O)c(O)c2)cc1O. The van der Waals surface area contributed by atoms with E-state index in [1.54, 1.807) is 12.1 Å². The third-order valence-corrected chi connectivity index (χ3v) is 4.24. The van der Waals surface area contributed by atoms with Crippen LogP contribution in [0.2, 0.25) is 0 Å². The molecule has 0 heterocycles. The molecule has 1 atom stereocenters. The van der Waals surface area contributed by atoms with E-state index in [1.165, 1.54) is 12.1 Å². The molecule has 0 aromatic heterocycles. The number of aliphatic hydroxyl groups excluding tert-OH is 1. The maximum Gasteiger partial charge on any atom is 0.157 e. The molecule has 0 saturated carbocycles. The van der Waals surface area contributed by atoms with Crippen LogP contribution < -0.4 is 0 Å². The van der Waals surface area contributed by atoms with Crippen LogP contribution in [0, 0.1) is 6.92 Å². The molecule has 0 amide bonds. The molecule has 0 aliphatic carbocycles. The summed E-state index contributed by atoms with van der Waals surface area (Å²) in [5.74, 6) is -0.203. The number of phenols is 3. The maximum atomic E-state index is 12.0. The molecule has 0 saturated heterocycles. The monoisotopic (exact) mass is 344 g/mol. The van der Waals surface area contributed by atoms with Gasteiger partial charge < -0.3 is 20.4 Å². The van der Waals surface area contributed by atoms with Gasteiger partial charge in [0.05, 0.1) is 6.10 Å². The number of ketones is 1. The summed E-state index contributed by atoms with van der Waals surface area (Å²) < 4.78 is 0. The second-order valence-electron chi connectivity index (χ2n) is 6.38. The number of aromatic hydroxyl groups is 3. The number of benzene rings is 2. The van der Waals surface area contributed by atoms with Gasteiger partial charge in [0.15, 0.2) is 11.5 Å². The summed E-state index contributed by atoms with van der Waals surface area (Å²) in [6.07, 6.45) is 1.13. The molecule has 2 aromatic rings. The van der Waals surface area contributed by atoms with Crippen molar-refractivity contribution in [2.24, 2.45) is 0 Å². The van der Waals surface area contributed by atoms with Crippen LogP contribution >= 0.6 is 0 Å². The van der Waals surface area contributed by atoms with Crippen molar-refractivity contribution >= 4 is 5.78 Å². The van der Waals surface area contributed by atoms with Gasteiger partial charge in [-0.3, -0.25) is 4.79 Å². The van der Waals surface area contributed by atoms with E-state index in [0.29, 0.717) is 19.3 Å². The molecule has 5 heteroatoms. The number of aliphatic hydroxyl groups is 1. The van der Waals surface area contributed by atoms with Gasteiger partial charge in [0.1, 0.15) is 11.5 Å². The summed E-state index contributed by atoms with van der Waals surface area (Å²) in [4.78, 5) is 12.0. The molecule has 0 unspecified atom stereocenters. The van der Waals surface area contributed by atoms with Crippen LogP contribution in [0.1, 0.15) is 36.0 Å². The Morgan fingerprint density at radius 3 is 2.24 bits per heavy atom. The molecule has 0 radical (unpaired) electrons. The molecule has 0 spiro atoms. The van der Waals surface area contributed by atoms with Gasteiger partial charge in [-0.1, -0.05) is 18.2 Å². The average molecular weight is 344 g/mol. The van der Waals surface area contributed by atoms with Crippen LogP contribution in [0.5, 0.6) is 17.2 Å². The second-order valence-corrected chi connectivity index (χ2v) is 6.38. The highest BCUT2D eigenvalue weighted by Crippen LogP contribution is 2.25. The van der Waals surface area contributed by atoms with Gasteiger partial charge in [-0.2, -0.15) is 0 Å². The number of carbonyl (C=O) groups excluding carboxylic acids is 1. The molecule has 5 nitrogen and oxygen atoms in total. The van der Waals surface area contributed by atoms with Crippen LogP contribution in [0.4, 0.5) is 0 Å². The fourth-order valence-electron chi connectivity index (χ4n) is 2.62. The molecule has 0 aliphatic rings. The number of phenolic OH excluding ortho intramolecular Hbond substituents is 3. The van der Waals surface area contributed by atoms with Crippen LogP contribution in [-0.4, -0.2) is 32.3 Å². The van der Waals surface area contributed by atoms with Gasteiger partial charge in [0.25, 0.3) is 0 Å². The Balaban J connectivity index is 1.75. The fourth-order valence-corrected chi connectivity index (χ4v) is 2.62. The highest BCUT2D eigenvalue weighted by Gasteiger charge is 2.12. The van der Waals surface area contributed by atoms with E-state index in [1.807, 2.05) is 19.1 Å². The second kappa shape index (κ2) is 8.53. The number of aryl methyl sites for hydroxylation is 3. The summed E-state index contributed by atoms with van der Waals surface area (Å²) in [5, 5.41) is 38.4. The summed E-state index contributed by atoms with van der Waals surface area (Å²) >= 11 is 0. The van der Waals surface area contributed by atoms with E-state index < -0.39 is 6.10 Å². The fraction of sp³-hybridized carbons (Fsp3) is 0.350. The lowest BCUT2D eigenvalue weighted by atomic mass is 9.99. The largest absolute Gasteiger partial charge is 0.508 e. The molecular formula is C20H24O5.